The summed E-state index contributed by atoms with van der Waals surface area (Å²) in [6.07, 6.45) is 3.48. The quantitative estimate of drug-likeness (QED) is 0.563. The van der Waals surface area contributed by atoms with Crippen LogP contribution in [0.1, 0.15) is 17.4 Å². The van der Waals surface area contributed by atoms with E-state index in [0.717, 1.165) is 22.4 Å². The normalized spacial score (nSPS) is 11.8. The first-order valence-electron chi connectivity index (χ1n) is 6.93. The van der Waals surface area contributed by atoms with Crippen LogP contribution in [-0.2, 0) is 6.54 Å². The Kier molecular flexibility index (Phi) is 2.95. The number of halogens is 1. The molecule has 8 heteroatoms. The molecule has 0 fully saturated rings. The average molecular weight is 333 g/mol. The minimum absolute atomic E-state index is 0.523. The maximum absolute atomic E-state index is 6.25. The van der Waals surface area contributed by atoms with Crippen LogP contribution in [0.4, 0.5) is 0 Å². The third-order valence-electron chi connectivity index (χ3n) is 3.76. The van der Waals surface area contributed by atoms with Crippen LogP contribution < -0.4 is 0 Å². The smallest absolute Gasteiger partial charge is 0.204 e. The van der Waals surface area contributed by atoms with Gasteiger partial charge in [-0.2, -0.15) is 5.10 Å². The number of fused-ring (bicyclic) bond motifs is 3. The molecule has 0 aliphatic heterocycles. The summed E-state index contributed by atoms with van der Waals surface area (Å²) in [6, 6.07) is 0. The van der Waals surface area contributed by atoms with Crippen LogP contribution in [-0.4, -0.2) is 29.4 Å². The molecule has 0 N–H and O–H groups in total. The van der Waals surface area contributed by atoms with E-state index >= 15 is 0 Å². The van der Waals surface area contributed by atoms with Gasteiger partial charge in [-0.1, -0.05) is 11.6 Å². The van der Waals surface area contributed by atoms with Gasteiger partial charge in [-0.15, -0.1) is 16.4 Å². The van der Waals surface area contributed by atoms with E-state index in [1.54, 1.807) is 33.1 Å². The van der Waals surface area contributed by atoms with Gasteiger partial charge >= 0.3 is 0 Å². The maximum atomic E-state index is 6.25. The Morgan fingerprint density at radius 2 is 2.09 bits per heavy atom. The molecule has 0 saturated heterocycles. The lowest BCUT2D eigenvalue weighted by Crippen LogP contribution is -1.94. The third kappa shape index (κ3) is 1.85. The van der Waals surface area contributed by atoms with Gasteiger partial charge in [-0.3, -0.25) is 4.68 Å². The van der Waals surface area contributed by atoms with E-state index in [1.807, 2.05) is 6.92 Å². The molecule has 4 aromatic rings. The number of hydrogen-bond acceptors (Lipinski definition) is 5. The van der Waals surface area contributed by atoms with Crippen molar-refractivity contribution in [2.24, 2.45) is 0 Å². The number of nitrogens with zero attached hydrogens (tertiary/aromatic N) is 6. The van der Waals surface area contributed by atoms with Crippen molar-refractivity contribution in [1.29, 1.82) is 0 Å². The van der Waals surface area contributed by atoms with Crippen LogP contribution in [0.25, 0.3) is 27.4 Å². The van der Waals surface area contributed by atoms with E-state index < -0.39 is 0 Å². The summed E-state index contributed by atoms with van der Waals surface area (Å²) in [5.41, 5.74) is 2.59. The van der Waals surface area contributed by atoms with Crippen LogP contribution in [0.3, 0.4) is 0 Å². The number of aromatic nitrogens is 6. The highest BCUT2D eigenvalue weighted by Gasteiger charge is 2.18. The zero-order chi connectivity index (χ0) is 15.4. The van der Waals surface area contributed by atoms with Crippen molar-refractivity contribution in [3.05, 3.63) is 28.0 Å². The molecule has 0 unspecified atom stereocenters. The molecule has 0 bridgehead atoms. The first-order valence-corrected chi connectivity index (χ1v) is 8.12. The molecule has 112 valence electrons. The Balaban J connectivity index is 2.00. The van der Waals surface area contributed by atoms with Gasteiger partial charge in [-0.25, -0.2) is 14.5 Å². The van der Waals surface area contributed by atoms with Crippen LogP contribution in [0, 0.1) is 13.8 Å². The number of aryl methyl sites for hydroxylation is 3. The number of rotatable bonds is 2. The van der Waals surface area contributed by atoms with Gasteiger partial charge in [0.1, 0.15) is 11.2 Å². The molecule has 0 amide bonds. The molecule has 0 saturated carbocycles. The average Bonchev–Trinajstić information content (AvgIpc) is 3.15. The topological polar surface area (TPSA) is 60.9 Å². The van der Waals surface area contributed by atoms with Gasteiger partial charge in [0.25, 0.3) is 0 Å². The molecular weight excluding hydrogens is 320 g/mol. The summed E-state index contributed by atoms with van der Waals surface area (Å²) in [5, 5.41) is 10.5. The zero-order valence-corrected chi connectivity index (χ0v) is 13.9. The van der Waals surface area contributed by atoms with E-state index in [1.165, 1.54) is 10.4 Å². The second-order valence-corrected chi connectivity index (χ2v) is 6.70. The van der Waals surface area contributed by atoms with E-state index in [9.17, 15) is 0 Å². The molecule has 22 heavy (non-hydrogen) atoms. The molecule has 6 nitrogen and oxygen atoms in total. The Hall–Kier alpha value is -1.99. The Morgan fingerprint density at radius 1 is 1.27 bits per heavy atom. The van der Waals surface area contributed by atoms with Crippen molar-refractivity contribution in [2.75, 3.05) is 0 Å². The van der Waals surface area contributed by atoms with Crippen LogP contribution >= 0.6 is 22.9 Å². The highest BCUT2D eigenvalue weighted by molar-refractivity contribution is 7.18. The summed E-state index contributed by atoms with van der Waals surface area (Å²) in [7, 11) is 0. The first-order chi connectivity index (χ1) is 10.6. The monoisotopic (exact) mass is 332 g/mol. The van der Waals surface area contributed by atoms with Crippen molar-refractivity contribution in [3.63, 3.8) is 0 Å². The van der Waals surface area contributed by atoms with Gasteiger partial charge in [0.05, 0.1) is 10.4 Å². The van der Waals surface area contributed by atoms with Crippen LogP contribution in [0.2, 0.25) is 5.02 Å². The Bertz CT molecular complexity index is 1010. The molecule has 4 rings (SSSR count). The first kappa shape index (κ1) is 13.7. The third-order valence-corrected chi connectivity index (χ3v) is 5.15. The minimum Gasteiger partial charge on any atom is -0.271 e. The van der Waals surface area contributed by atoms with Crippen molar-refractivity contribution in [3.8, 4) is 11.5 Å². The molecule has 0 aliphatic rings. The SMILES string of the molecule is CCn1cc(Cl)c(-c2nc3c4c(C)c(C)sc4ncn3n2)n1. The Labute approximate surface area is 135 Å². The lowest BCUT2D eigenvalue weighted by molar-refractivity contribution is 0.661. The van der Waals surface area contributed by atoms with Crippen LogP contribution in [0.5, 0.6) is 0 Å². The van der Waals surface area contributed by atoms with E-state index in [-0.39, 0.29) is 0 Å². The number of thiophene rings is 1. The van der Waals surface area contributed by atoms with E-state index in [2.05, 4.69) is 34.0 Å². The second-order valence-electron chi connectivity index (χ2n) is 5.09. The van der Waals surface area contributed by atoms with Crippen molar-refractivity contribution >= 4 is 38.8 Å². The van der Waals surface area contributed by atoms with E-state index in [4.69, 9.17) is 11.6 Å². The molecule has 4 aromatic heterocycles. The summed E-state index contributed by atoms with van der Waals surface area (Å²) in [5.74, 6) is 0.523. The fraction of sp³-hybridized carbons (Fsp3) is 0.286. The number of hydrogen-bond donors (Lipinski definition) is 0. The zero-order valence-electron chi connectivity index (χ0n) is 12.3. The predicted molar refractivity (Wildman–Crippen MR) is 87.5 cm³/mol. The summed E-state index contributed by atoms with van der Waals surface area (Å²) in [4.78, 5) is 11.3. The van der Waals surface area contributed by atoms with Gasteiger partial charge in [0.15, 0.2) is 11.3 Å². The molecule has 0 aliphatic carbocycles. The van der Waals surface area contributed by atoms with Gasteiger partial charge < -0.3 is 0 Å². The Morgan fingerprint density at radius 3 is 2.82 bits per heavy atom. The van der Waals surface area contributed by atoms with Gasteiger partial charge in [-0.05, 0) is 26.3 Å². The second kappa shape index (κ2) is 4.76. The highest BCUT2D eigenvalue weighted by Crippen LogP contribution is 2.32. The summed E-state index contributed by atoms with van der Waals surface area (Å²) >= 11 is 7.92. The predicted octanol–water partition coefficient (Wildman–Crippen LogP) is 3.49. The summed E-state index contributed by atoms with van der Waals surface area (Å²) in [6.45, 7) is 6.94. The summed E-state index contributed by atoms with van der Waals surface area (Å²) < 4.78 is 3.47. The standard InChI is InChI=1S/C14H13ClN6S/c1-4-20-5-9(15)11(18-20)12-17-13-10-7(2)8(3)22-14(10)16-6-21(13)19-12/h5-6H,4H2,1-3H3. The molecule has 0 radical (unpaired) electrons. The van der Waals surface area contributed by atoms with Gasteiger partial charge in [0, 0.05) is 17.6 Å². The molecular formula is C14H13ClN6S. The van der Waals surface area contributed by atoms with Crippen LogP contribution in [0.15, 0.2) is 12.5 Å². The largest absolute Gasteiger partial charge is 0.271 e. The van der Waals surface area contributed by atoms with Crippen molar-refractivity contribution in [2.45, 2.75) is 27.3 Å². The van der Waals surface area contributed by atoms with Crippen molar-refractivity contribution in [1.82, 2.24) is 29.4 Å². The molecule has 0 aromatic carbocycles. The van der Waals surface area contributed by atoms with Crippen molar-refractivity contribution < 1.29 is 0 Å². The minimum atomic E-state index is 0.523. The fourth-order valence-electron chi connectivity index (χ4n) is 2.46. The van der Waals surface area contributed by atoms with E-state index in [0.29, 0.717) is 16.5 Å². The molecule has 4 heterocycles. The molecule has 0 spiro atoms. The van der Waals surface area contributed by atoms with Gasteiger partial charge in [0.2, 0.25) is 5.82 Å². The fourth-order valence-corrected chi connectivity index (χ4v) is 3.68. The highest BCUT2D eigenvalue weighted by atomic mass is 35.5. The lowest BCUT2D eigenvalue weighted by Gasteiger charge is -1.93. The maximum Gasteiger partial charge on any atom is 0.204 e. The lowest BCUT2D eigenvalue weighted by atomic mass is 10.2. The molecule has 0 atom stereocenters.